The maximum Gasteiger partial charge on any atom is 0.433 e. The number of carbonyl (C=O) groups is 1. The molecule has 0 radical (unpaired) electrons. The Bertz CT molecular complexity index is 772. The van der Waals surface area contributed by atoms with Gasteiger partial charge in [0.15, 0.2) is 5.78 Å². The van der Waals surface area contributed by atoms with Crippen molar-refractivity contribution in [1.82, 2.24) is 0 Å². The van der Waals surface area contributed by atoms with Crippen LogP contribution in [0.4, 0.5) is 5.88 Å². The maximum absolute atomic E-state index is 12.3. The third kappa shape index (κ3) is 2.31. The molecule has 0 unspecified atom stereocenters. The Hall–Kier alpha value is -2.89. The molecule has 0 aliphatic heterocycles. The lowest BCUT2D eigenvalue weighted by molar-refractivity contribution is -0.402. The fourth-order valence-corrected chi connectivity index (χ4v) is 2.33. The van der Waals surface area contributed by atoms with Gasteiger partial charge in [0, 0.05) is 17.6 Å². The molecule has 1 aliphatic rings. The smallest absolute Gasteiger partial charge is 0.433 e. The van der Waals surface area contributed by atoms with Gasteiger partial charge in [0.2, 0.25) is 0 Å². The number of nitro groups is 1. The van der Waals surface area contributed by atoms with Crippen molar-refractivity contribution in [2.75, 3.05) is 7.11 Å². The average molecular weight is 285 g/mol. The van der Waals surface area contributed by atoms with Crippen LogP contribution in [-0.2, 0) is 6.42 Å². The second-order valence-electron chi connectivity index (χ2n) is 4.63. The first-order chi connectivity index (χ1) is 10.1. The molecule has 0 fully saturated rings. The van der Waals surface area contributed by atoms with Crippen molar-refractivity contribution in [3.05, 3.63) is 62.9 Å². The van der Waals surface area contributed by atoms with E-state index in [1.807, 2.05) is 6.07 Å². The van der Waals surface area contributed by atoms with Crippen molar-refractivity contribution >= 4 is 17.7 Å². The zero-order valence-electron chi connectivity index (χ0n) is 11.2. The fraction of sp³-hybridized carbons (Fsp3) is 0.133. The van der Waals surface area contributed by atoms with E-state index < -0.39 is 4.92 Å². The van der Waals surface area contributed by atoms with E-state index in [-0.39, 0.29) is 11.7 Å². The molecule has 0 amide bonds. The summed E-state index contributed by atoms with van der Waals surface area (Å²) in [6, 6.07) is 8.02. The van der Waals surface area contributed by atoms with Gasteiger partial charge in [-0.05, 0) is 35.9 Å². The van der Waals surface area contributed by atoms with Crippen LogP contribution in [0.15, 0.2) is 40.3 Å². The van der Waals surface area contributed by atoms with E-state index in [4.69, 9.17) is 9.15 Å². The molecular formula is C15H11NO5. The molecule has 21 heavy (non-hydrogen) atoms. The number of methoxy groups -OCH3 is 1. The van der Waals surface area contributed by atoms with Gasteiger partial charge < -0.3 is 9.15 Å². The highest BCUT2D eigenvalue weighted by Crippen LogP contribution is 2.31. The van der Waals surface area contributed by atoms with E-state index in [0.29, 0.717) is 29.1 Å². The number of rotatable bonds is 3. The standard InChI is InChI=1S/C15H11NO5/c1-20-11-2-4-13-9(7-11)6-10(15(13)17)8-12-3-5-14(21-12)16(18)19/h2-5,7-8H,6H2,1H3. The predicted molar refractivity (Wildman–Crippen MR) is 74.4 cm³/mol. The van der Waals surface area contributed by atoms with Crippen LogP contribution in [0.1, 0.15) is 21.7 Å². The van der Waals surface area contributed by atoms with Gasteiger partial charge in [-0.25, -0.2) is 0 Å². The quantitative estimate of drug-likeness (QED) is 0.491. The van der Waals surface area contributed by atoms with E-state index >= 15 is 0 Å². The highest BCUT2D eigenvalue weighted by Gasteiger charge is 2.25. The first-order valence-electron chi connectivity index (χ1n) is 6.25. The highest BCUT2D eigenvalue weighted by atomic mass is 16.6. The molecule has 3 rings (SSSR count). The fourth-order valence-electron chi connectivity index (χ4n) is 2.33. The summed E-state index contributed by atoms with van der Waals surface area (Å²) in [5, 5.41) is 10.6. The lowest BCUT2D eigenvalue weighted by atomic mass is 10.1. The number of ketones is 1. The van der Waals surface area contributed by atoms with E-state index in [1.165, 1.54) is 12.1 Å². The minimum absolute atomic E-state index is 0.0910. The third-order valence-corrected chi connectivity index (χ3v) is 3.34. The van der Waals surface area contributed by atoms with Gasteiger partial charge in [0.25, 0.3) is 0 Å². The van der Waals surface area contributed by atoms with Crippen LogP contribution in [0.25, 0.3) is 6.08 Å². The lowest BCUT2D eigenvalue weighted by Crippen LogP contribution is -1.95. The summed E-state index contributed by atoms with van der Waals surface area (Å²) in [6.07, 6.45) is 2.00. The predicted octanol–water partition coefficient (Wildman–Crippen LogP) is 3.02. The number of ether oxygens (including phenoxy) is 1. The second-order valence-corrected chi connectivity index (χ2v) is 4.63. The van der Waals surface area contributed by atoms with Crippen LogP contribution in [0, 0.1) is 10.1 Å². The minimum atomic E-state index is -0.613. The first kappa shape index (κ1) is 13.1. The van der Waals surface area contributed by atoms with Gasteiger partial charge in [0.1, 0.15) is 16.4 Å². The number of fused-ring (bicyclic) bond motifs is 1. The van der Waals surface area contributed by atoms with Crippen molar-refractivity contribution in [3.8, 4) is 5.75 Å². The number of hydrogen-bond donors (Lipinski definition) is 0. The summed E-state index contributed by atoms with van der Waals surface area (Å²) in [5.74, 6) is 0.555. The van der Waals surface area contributed by atoms with E-state index in [2.05, 4.69) is 0 Å². The molecule has 0 spiro atoms. The van der Waals surface area contributed by atoms with Gasteiger partial charge in [-0.1, -0.05) is 0 Å². The SMILES string of the molecule is COc1ccc2c(c1)CC(=Cc1ccc([N+](=O)[O-])o1)C2=O. The maximum atomic E-state index is 12.3. The largest absolute Gasteiger partial charge is 0.497 e. The molecule has 1 aliphatic carbocycles. The molecule has 0 N–H and O–H groups in total. The average Bonchev–Trinajstić information content (AvgIpc) is 3.05. The Morgan fingerprint density at radius 3 is 2.81 bits per heavy atom. The summed E-state index contributed by atoms with van der Waals surface area (Å²) in [4.78, 5) is 22.2. The van der Waals surface area contributed by atoms with Gasteiger partial charge in [-0.15, -0.1) is 0 Å². The molecule has 1 aromatic carbocycles. The normalized spacial score (nSPS) is 15.3. The molecule has 6 heteroatoms. The number of hydrogen-bond acceptors (Lipinski definition) is 5. The lowest BCUT2D eigenvalue weighted by Gasteiger charge is -2.01. The molecule has 106 valence electrons. The number of benzene rings is 1. The Labute approximate surface area is 119 Å². The van der Waals surface area contributed by atoms with Gasteiger partial charge >= 0.3 is 5.88 Å². The zero-order chi connectivity index (χ0) is 15.0. The monoisotopic (exact) mass is 285 g/mol. The van der Waals surface area contributed by atoms with Crippen LogP contribution >= 0.6 is 0 Å². The van der Waals surface area contributed by atoms with Crippen LogP contribution in [0.2, 0.25) is 0 Å². The Balaban J connectivity index is 1.92. The number of allylic oxidation sites excluding steroid dienone is 1. The molecule has 0 bridgehead atoms. The highest BCUT2D eigenvalue weighted by molar-refractivity contribution is 6.15. The number of nitrogens with zero attached hydrogens (tertiary/aromatic N) is 1. The molecule has 1 heterocycles. The third-order valence-electron chi connectivity index (χ3n) is 3.34. The first-order valence-corrected chi connectivity index (χ1v) is 6.25. The van der Waals surface area contributed by atoms with Crippen molar-refractivity contribution in [2.24, 2.45) is 0 Å². The minimum Gasteiger partial charge on any atom is -0.497 e. The van der Waals surface area contributed by atoms with Crippen molar-refractivity contribution in [3.63, 3.8) is 0 Å². The molecule has 0 atom stereocenters. The van der Waals surface area contributed by atoms with Crippen LogP contribution in [-0.4, -0.2) is 17.8 Å². The molecule has 0 saturated carbocycles. The Morgan fingerprint density at radius 1 is 1.33 bits per heavy atom. The number of furan rings is 1. The Kier molecular flexibility index (Phi) is 3.06. The van der Waals surface area contributed by atoms with Gasteiger partial charge in [-0.3, -0.25) is 14.9 Å². The Morgan fingerprint density at radius 2 is 2.14 bits per heavy atom. The van der Waals surface area contributed by atoms with E-state index in [1.54, 1.807) is 25.3 Å². The van der Waals surface area contributed by atoms with Crippen molar-refractivity contribution in [1.29, 1.82) is 0 Å². The molecule has 0 saturated heterocycles. The summed E-state index contributed by atoms with van der Waals surface area (Å²) in [5.41, 5.74) is 2.05. The van der Waals surface area contributed by atoms with Gasteiger partial charge in [-0.2, -0.15) is 0 Å². The van der Waals surface area contributed by atoms with Crippen LogP contribution in [0.3, 0.4) is 0 Å². The van der Waals surface area contributed by atoms with Crippen LogP contribution < -0.4 is 4.74 Å². The molecular weight excluding hydrogens is 274 g/mol. The van der Waals surface area contributed by atoms with Crippen molar-refractivity contribution in [2.45, 2.75) is 6.42 Å². The van der Waals surface area contributed by atoms with Crippen LogP contribution in [0.5, 0.6) is 5.75 Å². The molecule has 6 nitrogen and oxygen atoms in total. The summed E-state index contributed by atoms with van der Waals surface area (Å²) in [6.45, 7) is 0. The van der Waals surface area contributed by atoms with Crippen molar-refractivity contribution < 1.29 is 18.9 Å². The second kappa shape index (κ2) is 4.90. The number of Topliss-reactive ketones (excluding diaryl/α,β-unsaturated/α-hetero) is 1. The topological polar surface area (TPSA) is 82.6 Å². The molecule has 1 aromatic heterocycles. The zero-order valence-corrected chi connectivity index (χ0v) is 11.2. The summed E-state index contributed by atoms with van der Waals surface area (Å²) < 4.78 is 10.2. The molecule has 2 aromatic rings. The van der Waals surface area contributed by atoms with E-state index in [9.17, 15) is 14.9 Å². The summed E-state index contributed by atoms with van der Waals surface area (Å²) >= 11 is 0. The number of carbonyl (C=O) groups excluding carboxylic acids is 1. The van der Waals surface area contributed by atoms with Gasteiger partial charge in [0.05, 0.1) is 13.2 Å². The van der Waals surface area contributed by atoms with E-state index in [0.717, 1.165) is 5.56 Å². The summed E-state index contributed by atoms with van der Waals surface area (Å²) in [7, 11) is 1.57.